The maximum atomic E-state index is 12.5. The maximum Gasteiger partial charge on any atom is 0.255 e. The average Bonchev–Trinajstić information content (AvgIpc) is 2.55. The van der Waals surface area contributed by atoms with Crippen molar-refractivity contribution in [2.45, 2.75) is 6.92 Å². The second kappa shape index (κ2) is 5.56. The van der Waals surface area contributed by atoms with Crippen LogP contribution in [0.5, 0.6) is 11.5 Å². The molecular formula is C18H17NO3. The van der Waals surface area contributed by atoms with E-state index in [2.05, 4.69) is 0 Å². The van der Waals surface area contributed by atoms with E-state index in [0.29, 0.717) is 17.0 Å². The number of aryl methyl sites for hydroxylation is 1. The Labute approximate surface area is 128 Å². The summed E-state index contributed by atoms with van der Waals surface area (Å²) in [5, 5.41) is 0.835. The van der Waals surface area contributed by atoms with Crippen molar-refractivity contribution in [1.29, 1.82) is 0 Å². The Morgan fingerprint density at radius 3 is 2.09 bits per heavy atom. The van der Waals surface area contributed by atoms with Gasteiger partial charge in [-0.2, -0.15) is 0 Å². The number of aromatic nitrogens is 1. The Balaban J connectivity index is 2.44. The van der Waals surface area contributed by atoms with E-state index in [9.17, 15) is 4.79 Å². The highest BCUT2D eigenvalue weighted by Gasteiger charge is 2.13. The van der Waals surface area contributed by atoms with E-state index in [0.717, 1.165) is 16.6 Å². The molecular weight excluding hydrogens is 278 g/mol. The average molecular weight is 295 g/mol. The molecule has 1 heterocycles. The Bertz CT molecular complexity index is 879. The first-order valence-electron chi connectivity index (χ1n) is 6.99. The summed E-state index contributed by atoms with van der Waals surface area (Å²) in [6.07, 6.45) is 0. The maximum absolute atomic E-state index is 12.5. The van der Waals surface area contributed by atoms with Gasteiger partial charge in [0.15, 0.2) is 0 Å². The minimum absolute atomic E-state index is 0.108. The van der Waals surface area contributed by atoms with Crippen molar-refractivity contribution in [2.24, 2.45) is 0 Å². The summed E-state index contributed by atoms with van der Waals surface area (Å²) in [6, 6.07) is 14.8. The van der Waals surface area contributed by atoms with Crippen LogP contribution in [0.1, 0.15) is 5.56 Å². The zero-order valence-electron chi connectivity index (χ0n) is 12.8. The predicted octanol–water partition coefficient (Wildman–Crippen LogP) is 3.32. The third kappa shape index (κ3) is 2.22. The van der Waals surface area contributed by atoms with E-state index in [4.69, 9.17) is 9.47 Å². The van der Waals surface area contributed by atoms with E-state index in [1.807, 2.05) is 43.3 Å². The molecule has 0 aliphatic heterocycles. The smallest absolute Gasteiger partial charge is 0.255 e. The molecule has 0 N–H and O–H groups in total. The van der Waals surface area contributed by atoms with Crippen LogP contribution in [0.2, 0.25) is 0 Å². The van der Waals surface area contributed by atoms with Gasteiger partial charge in [0.05, 0.1) is 14.2 Å². The van der Waals surface area contributed by atoms with Gasteiger partial charge in [-0.25, -0.2) is 0 Å². The van der Waals surface area contributed by atoms with Crippen LogP contribution in [-0.4, -0.2) is 18.8 Å². The van der Waals surface area contributed by atoms with Gasteiger partial charge < -0.3 is 9.47 Å². The number of fused-ring (bicyclic) bond motifs is 1. The molecule has 2 aromatic carbocycles. The lowest BCUT2D eigenvalue weighted by Gasteiger charge is -2.15. The van der Waals surface area contributed by atoms with E-state index < -0.39 is 0 Å². The number of pyridine rings is 1. The Hall–Kier alpha value is -2.75. The number of hydrogen-bond donors (Lipinski definition) is 0. The molecule has 4 heteroatoms. The Morgan fingerprint density at radius 1 is 0.818 bits per heavy atom. The first-order valence-corrected chi connectivity index (χ1v) is 6.99. The normalized spacial score (nSPS) is 10.7. The fourth-order valence-electron chi connectivity index (χ4n) is 2.59. The molecule has 0 amide bonds. The molecule has 112 valence electrons. The second-order valence-electron chi connectivity index (χ2n) is 5.07. The summed E-state index contributed by atoms with van der Waals surface area (Å²) < 4.78 is 12.5. The molecule has 0 saturated heterocycles. The van der Waals surface area contributed by atoms with Gasteiger partial charge in [-0.15, -0.1) is 0 Å². The van der Waals surface area contributed by atoms with E-state index in [1.165, 1.54) is 0 Å². The molecule has 0 bridgehead atoms. The van der Waals surface area contributed by atoms with Crippen molar-refractivity contribution >= 4 is 10.9 Å². The lowest BCUT2D eigenvalue weighted by Crippen LogP contribution is -2.18. The fourth-order valence-corrected chi connectivity index (χ4v) is 2.59. The highest BCUT2D eigenvalue weighted by atomic mass is 16.5. The van der Waals surface area contributed by atoms with Crippen molar-refractivity contribution in [3.63, 3.8) is 0 Å². The van der Waals surface area contributed by atoms with Gasteiger partial charge in [0.2, 0.25) is 0 Å². The number of ether oxygens (including phenoxy) is 2. The number of hydrogen-bond acceptors (Lipinski definition) is 3. The molecule has 4 nitrogen and oxygen atoms in total. The van der Waals surface area contributed by atoms with Crippen molar-refractivity contribution in [2.75, 3.05) is 14.2 Å². The largest absolute Gasteiger partial charge is 0.496 e. The van der Waals surface area contributed by atoms with Crippen LogP contribution in [0.3, 0.4) is 0 Å². The molecule has 3 aromatic rings. The number of benzene rings is 2. The second-order valence-corrected chi connectivity index (χ2v) is 5.07. The van der Waals surface area contributed by atoms with Crippen molar-refractivity contribution in [3.05, 3.63) is 64.4 Å². The minimum Gasteiger partial charge on any atom is -0.496 e. The lowest BCUT2D eigenvalue weighted by atomic mass is 10.1. The topological polar surface area (TPSA) is 40.5 Å². The molecule has 0 fully saturated rings. The van der Waals surface area contributed by atoms with Gasteiger partial charge in [0.1, 0.15) is 17.0 Å². The minimum atomic E-state index is -0.108. The number of rotatable bonds is 3. The molecule has 0 atom stereocenters. The molecule has 0 aliphatic carbocycles. The Morgan fingerprint density at radius 2 is 1.45 bits per heavy atom. The standard InChI is InChI=1S/C18H17NO3/c1-12-4-6-13(7-5-12)19-17(20)11-8-14-15(21-2)9-10-16(22-3)18(14)19/h4-11H,1-3H3. The van der Waals surface area contributed by atoms with Crippen LogP contribution in [0.15, 0.2) is 53.3 Å². The fraction of sp³-hybridized carbons (Fsp3) is 0.167. The summed E-state index contributed by atoms with van der Waals surface area (Å²) in [5.74, 6) is 1.34. The molecule has 0 radical (unpaired) electrons. The lowest BCUT2D eigenvalue weighted by molar-refractivity contribution is 0.409. The summed E-state index contributed by atoms with van der Waals surface area (Å²) in [6.45, 7) is 2.01. The van der Waals surface area contributed by atoms with Gasteiger partial charge >= 0.3 is 0 Å². The van der Waals surface area contributed by atoms with Crippen LogP contribution in [0.25, 0.3) is 16.6 Å². The van der Waals surface area contributed by atoms with Gasteiger partial charge in [-0.05, 0) is 37.3 Å². The van der Waals surface area contributed by atoms with Gasteiger partial charge in [0.25, 0.3) is 5.56 Å². The third-order valence-electron chi connectivity index (χ3n) is 3.71. The van der Waals surface area contributed by atoms with Crippen LogP contribution >= 0.6 is 0 Å². The molecule has 0 unspecified atom stereocenters. The van der Waals surface area contributed by atoms with E-state index in [1.54, 1.807) is 30.9 Å². The zero-order chi connectivity index (χ0) is 15.7. The first kappa shape index (κ1) is 14.2. The van der Waals surface area contributed by atoms with Crippen LogP contribution in [0, 0.1) is 6.92 Å². The summed E-state index contributed by atoms with van der Waals surface area (Å²) in [7, 11) is 3.21. The quantitative estimate of drug-likeness (QED) is 0.744. The molecule has 0 spiro atoms. The van der Waals surface area contributed by atoms with Crippen LogP contribution in [-0.2, 0) is 0 Å². The summed E-state index contributed by atoms with van der Waals surface area (Å²) in [5.41, 5.74) is 2.54. The first-order chi connectivity index (χ1) is 10.7. The third-order valence-corrected chi connectivity index (χ3v) is 3.71. The van der Waals surface area contributed by atoms with Crippen LogP contribution < -0.4 is 15.0 Å². The van der Waals surface area contributed by atoms with Crippen molar-refractivity contribution < 1.29 is 9.47 Å². The van der Waals surface area contributed by atoms with E-state index >= 15 is 0 Å². The SMILES string of the molecule is COc1ccc(OC)c2c1ccc(=O)n2-c1ccc(C)cc1. The number of nitrogens with zero attached hydrogens (tertiary/aromatic N) is 1. The summed E-state index contributed by atoms with van der Waals surface area (Å²) in [4.78, 5) is 12.5. The van der Waals surface area contributed by atoms with E-state index in [-0.39, 0.29) is 5.56 Å². The monoisotopic (exact) mass is 295 g/mol. The molecule has 0 aliphatic rings. The Kier molecular flexibility index (Phi) is 3.59. The van der Waals surface area contributed by atoms with Gasteiger partial charge in [0, 0.05) is 17.1 Å². The van der Waals surface area contributed by atoms with Crippen LogP contribution in [0.4, 0.5) is 0 Å². The number of methoxy groups -OCH3 is 2. The molecule has 0 saturated carbocycles. The molecule has 3 rings (SSSR count). The predicted molar refractivity (Wildman–Crippen MR) is 87.4 cm³/mol. The zero-order valence-corrected chi connectivity index (χ0v) is 12.8. The summed E-state index contributed by atoms with van der Waals surface area (Å²) >= 11 is 0. The van der Waals surface area contributed by atoms with Gasteiger partial charge in [-0.3, -0.25) is 9.36 Å². The van der Waals surface area contributed by atoms with Gasteiger partial charge in [-0.1, -0.05) is 17.7 Å². The molecule has 1 aromatic heterocycles. The van der Waals surface area contributed by atoms with Crippen molar-refractivity contribution in [1.82, 2.24) is 4.57 Å². The highest BCUT2D eigenvalue weighted by Crippen LogP contribution is 2.33. The molecule has 22 heavy (non-hydrogen) atoms. The van der Waals surface area contributed by atoms with Crippen molar-refractivity contribution in [3.8, 4) is 17.2 Å². The highest BCUT2D eigenvalue weighted by molar-refractivity contribution is 5.91.